The van der Waals surface area contributed by atoms with Crippen LogP contribution in [0.5, 0.6) is 0 Å². The van der Waals surface area contributed by atoms with Crippen molar-refractivity contribution in [2.75, 3.05) is 5.32 Å². The van der Waals surface area contributed by atoms with E-state index < -0.39 is 11.9 Å². The minimum absolute atomic E-state index is 0.113. The molecule has 0 spiro atoms. The van der Waals surface area contributed by atoms with Crippen molar-refractivity contribution in [2.45, 2.75) is 0 Å². The van der Waals surface area contributed by atoms with Crippen LogP contribution in [0.3, 0.4) is 0 Å². The van der Waals surface area contributed by atoms with Crippen LogP contribution < -0.4 is 5.32 Å². The molecule has 0 bridgehead atoms. The van der Waals surface area contributed by atoms with Gasteiger partial charge in [-0.25, -0.2) is 4.79 Å². The van der Waals surface area contributed by atoms with Crippen LogP contribution >= 0.6 is 11.6 Å². The fourth-order valence-corrected chi connectivity index (χ4v) is 2.78. The van der Waals surface area contributed by atoms with E-state index in [1.54, 1.807) is 30.3 Å². The number of carbonyl (C=O) groups is 3. The Morgan fingerprint density at radius 3 is 2.44 bits per heavy atom. The highest BCUT2D eigenvalue weighted by Crippen LogP contribution is 2.24. The van der Waals surface area contributed by atoms with Gasteiger partial charge in [-0.2, -0.15) is 5.10 Å². The lowest BCUT2D eigenvalue weighted by molar-refractivity contribution is 0.0680. The Hall–Kier alpha value is -3.45. The number of hydrogen-bond acceptors (Lipinski definition) is 4. The van der Waals surface area contributed by atoms with Crippen LogP contribution in [0.2, 0.25) is 5.02 Å². The Kier molecular flexibility index (Phi) is 5.05. The van der Waals surface area contributed by atoms with Crippen molar-refractivity contribution in [2.24, 2.45) is 7.05 Å². The Morgan fingerprint density at radius 1 is 1.07 bits per heavy atom. The molecule has 3 aromatic rings. The Bertz CT molecular complexity index is 1040. The first-order chi connectivity index (χ1) is 12.9. The van der Waals surface area contributed by atoms with Crippen molar-refractivity contribution in [3.63, 3.8) is 0 Å². The summed E-state index contributed by atoms with van der Waals surface area (Å²) in [7, 11) is 1.42. The van der Waals surface area contributed by atoms with Gasteiger partial charge in [-0.15, -0.1) is 0 Å². The fourth-order valence-electron chi connectivity index (χ4n) is 2.61. The lowest BCUT2D eigenvalue weighted by atomic mass is 10.0. The zero-order chi connectivity index (χ0) is 19.6. The number of aryl methyl sites for hydroxylation is 1. The van der Waals surface area contributed by atoms with Gasteiger partial charge in [0.2, 0.25) is 0 Å². The number of aromatic nitrogens is 2. The number of benzene rings is 2. The summed E-state index contributed by atoms with van der Waals surface area (Å²) >= 11 is 6.02. The predicted octanol–water partition coefficient (Wildman–Crippen LogP) is 3.26. The van der Waals surface area contributed by atoms with Crippen LogP contribution in [0.25, 0.3) is 0 Å². The molecule has 0 unspecified atom stereocenters. The number of carboxylic acids is 1. The van der Waals surface area contributed by atoms with E-state index >= 15 is 0 Å². The second kappa shape index (κ2) is 7.43. The van der Waals surface area contributed by atoms with Crippen molar-refractivity contribution in [3.8, 4) is 0 Å². The highest BCUT2D eigenvalue weighted by Gasteiger charge is 2.23. The average molecular weight is 384 g/mol. The number of carbonyl (C=O) groups excluding carboxylic acids is 2. The molecule has 0 saturated heterocycles. The molecule has 0 fully saturated rings. The third-order valence-electron chi connectivity index (χ3n) is 3.90. The van der Waals surface area contributed by atoms with Gasteiger partial charge in [-0.1, -0.05) is 41.9 Å². The molecule has 0 aliphatic heterocycles. The molecule has 27 heavy (non-hydrogen) atoms. The predicted molar refractivity (Wildman–Crippen MR) is 99.4 cm³/mol. The quantitative estimate of drug-likeness (QED) is 0.658. The van der Waals surface area contributed by atoms with Crippen LogP contribution in [0, 0.1) is 0 Å². The number of anilines is 1. The van der Waals surface area contributed by atoms with Crippen LogP contribution in [-0.2, 0) is 7.05 Å². The van der Waals surface area contributed by atoms with E-state index in [-0.39, 0.29) is 28.3 Å². The second-order valence-electron chi connectivity index (χ2n) is 5.67. The van der Waals surface area contributed by atoms with Crippen LogP contribution in [0.1, 0.15) is 36.8 Å². The number of halogens is 1. The summed E-state index contributed by atoms with van der Waals surface area (Å²) in [5.41, 5.74) is 0.486. The lowest BCUT2D eigenvalue weighted by Crippen LogP contribution is -2.18. The van der Waals surface area contributed by atoms with Gasteiger partial charge >= 0.3 is 5.97 Å². The molecule has 0 aliphatic rings. The summed E-state index contributed by atoms with van der Waals surface area (Å²) in [5, 5.41) is 16.0. The first-order valence-electron chi connectivity index (χ1n) is 7.84. The number of ketones is 1. The highest BCUT2D eigenvalue weighted by atomic mass is 35.5. The number of rotatable bonds is 5. The molecule has 136 valence electrons. The van der Waals surface area contributed by atoms with Crippen molar-refractivity contribution in [3.05, 3.63) is 82.1 Å². The largest absolute Gasteiger partial charge is 0.477 e. The van der Waals surface area contributed by atoms with Gasteiger partial charge in [-0.05, 0) is 18.2 Å². The molecule has 2 aromatic carbocycles. The van der Waals surface area contributed by atoms with Crippen molar-refractivity contribution in [1.82, 2.24) is 9.78 Å². The molecule has 0 saturated carbocycles. The van der Waals surface area contributed by atoms with Crippen molar-refractivity contribution < 1.29 is 19.5 Å². The monoisotopic (exact) mass is 383 g/mol. The number of nitrogens with zero attached hydrogens (tertiary/aromatic N) is 2. The molecule has 0 aliphatic carbocycles. The highest BCUT2D eigenvalue weighted by molar-refractivity contribution is 6.31. The minimum atomic E-state index is -1.28. The summed E-state index contributed by atoms with van der Waals surface area (Å²) in [6.07, 6.45) is 1.16. The van der Waals surface area contributed by atoms with E-state index in [1.165, 1.54) is 25.2 Å². The Labute approximate surface area is 159 Å². The summed E-state index contributed by atoms with van der Waals surface area (Å²) in [5.74, 6) is -2.29. The van der Waals surface area contributed by atoms with E-state index in [1.807, 2.05) is 0 Å². The SMILES string of the molecule is Cn1ncc(C(=O)Nc2ccc(Cl)cc2C(=O)c2ccccc2)c1C(=O)O. The summed E-state index contributed by atoms with van der Waals surface area (Å²) in [6.45, 7) is 0. The van der Waals surface area contributed by atoms with Gasteiger partial charge in [-0.3, -0.25) is 14.3 Å². The summed E-state index contributed by atoms with van der Waals surface area (Å²) < 4.78 is 1.09. The maximum absolute atomic E-state index is 12.8. The number of carboxylic acid groups (broad SMARTS) is 1. The smallest absolute Gasteiger partial charge is 0.354 e. The molecular weight excluding hydrogens is 370 g/mol. The second-order valence-corrected chi connectivity index (χ2v) is 6.11. The van der Waals surface area contributed by atoms with Crippen LogP contribution in [0.4, 0.5) is 5.69 Å². The minimum Gasteiger partial charge on any atom is -0.477 e. The first kappa shape index (κ1) is 18.3. The lowest BCUT2D eigenvalue weighted by Gasteiger charge is -2.11. The third kappa shape index (κ3) is 3.73. The molecule has 0 radical (unpaired) electrons. The number of amides is 1. The Balaban J connectivity index is 1.98. The average Bonchev–Trinajstić information content (AvgIpc) is 3.05. The van der Waals surface area contributed by atoms with Gasteiger partial charge in [0.05, 0.1) is 17.4 Å². The Morgan fingerprint density at radius 2 is 1.78 bits per heavy atom. The topological polar surface area (TPSA) is 101 Å². The molecular formula is C19H14ClN3O4. The summed E-state index contributed by atoms with van der Waals surface area (Å²) in [4.78, 5) is 36.7. The molecule has 3 rings (SSSR count). The van der Waals surface area contributed by atoms with E-state index in [0.717, 1.165) is 10.9 Å². The first-order valence-corrected chi connectivity index (χ1v) is 8.22. The standard InChI is InChI=1S/C19H14ClN3O4/c1-23-16(19(26)27)14(10-21-23)18(25)22-15-8-7-12(20)9-13(15)17(24)11-5-3-2-4-6-11/h2-10H,1H3,(H,22,25)(H,26,27). The maximum Gasteiger partial charge on any atom is 0.354 e. The number of aromatic carboxylic acids is 1. The molecule has 0 atom stereocenters. The fraction of sp³-hybridized carbons (Fsp3) is 0.0526. The number of nitrogens with one attached hydrogen (secondary N) is 1. The van der Waals surface area contributed by atoms with Crippen LogP contribution in [0.15, 0.2) is 54.7 Å². The molecule has 2 N–H and O–H groups in total. The molecule has 1 amide bonds. The third-order valence-corrected chi connectivity index (χ3v) is 4.13. The van der Waals surface area contributed by atoms with Gasteiger partial charge in [0, 0.05) is 23.2 Å². The van der Waals surface area contributed by atoms with E-state index in [0.29, 0.717) is 10.6 Å². The van der Waals surface area contributed by atoms with E-state index in [9.17, 15) is 19.5 Å². The number of hydrogen-bond donors (Lipinski definition) is 2. The molecule has 1 heterocycles. The normalized spacial score (nSPS) is 10.4. The van der Waals surface area contributed by atoms with Gasteiger partial charge in [0.15, 0.2) is 11.5 Å². The van der Waals surface area contributed by atoms with Crippen LogP contribution in [-0.4, -0.2) is 32.5 Å². The van der Waals surface area contributed by atoms with Gasteiger partial charge < -0.3 is 10.4 Å². The maximum atomic E-state index is 12.8. The van der Waals surface area contributed by atoms with Gasteiger partial charge in [0.25, 0.3) is 5.91 Å². The summed E-state index contributed by atoms with van der Waals surface area (Å²) in [6, 6.07) is 13.0. The van der Waals surface area contributed by atoms with Gasteiger partial charge in [0.1, 0.15) is 0 Å². The van der Waals surface area contributed by atoms with Crippen molar-refractivity contribution in [1.29, 1.82) is 0 Å². The zero-order valence-electron chi connectivity index (χ0n) is 14.1. The molecule has 7 nitrogen and oxygen atoms in total. The molecule has 1 aromatic heterocycles. The zero-order valence-corrected chi connectivity index (χ0v) is 14.9. The van der Waals surface area contributed by atoms with Crippen molar-refractivity contribution >= 4 is 34.9 Å². The van der Waals surface area contributed by atoms with E-state index in [4.69, 9.17) is 11.6 Å². The van der Waals surface area contributed by atoms with E-state index in [2.05, 4.69) is 10.4 Å². The molecule has 8 heteroatoms.